The number of hydrogen-bond acceptors (Lipinski definition) is 5. The number of furan rings is 1. The lowest BCUT2D eigenvalue weighted by Gasteiger charge is -2.36. The first-order valence-corrected chi connectivity index (χ1v) is 9.13. The quantitative estimate of drug-likeness (QED) is 0.760. The molecule has 2 fully saturated rings. The number of carbonyl (C=O) groups excluding carboxylic acids is 3. The molecule has 0 unspecified atom stereocenters. The Morgan fingerprint density at radius 1 is 0.923 bits per heavy atom. The molecule has 0 atom stereocenters. The van der Waals surface area contributed by atoms with E-state index in [1.807, 2.05) is 9.80 Å². The normalized spacial score (nSPS) is 18.9. The molecule has 26 heavy (non-hydrogen) atoms. The van der Waals surface area contributed by atoms with Crippen molar-refractivity contribution in [3.05, 3.63) is 24.2 Å². The molecule has 0 aromatic carbocycles. The van der Waals surface area contributed by atoms with E-state index in [1.54, 1.807) is 24.0 Å². The van der Waals surface area contributed by atoms with E-state index >= 15 is 0 Å². The molecule has 8 nitrogen and oxygen atoms in total. The number of nitrogens with zero attached hydrogens (tertiary/aromatic N) is 4. The highest BCUT2D eigenvalue weighted by molar-refractivity contribution is 5.91. The molecule has 1 aromatic rings. The third-order valence-corrected chi connectivity index (χ3v) is 5.11. The molecule has 1 aromatic heterocycles. The predicted octanol–water partition coefficient (Wildman–Crippen LogP) is 0.118. The van der Waals surface area contributed by atoms with Gasteiger partial charge in [-0.2, -0.15) is 0 Å². The smallest absolute Gasteiger partial charge is 0.289 e. The lowest BCUT2D eigenvalue weighted by Crippen LogP contribution is -2.52. The Morgan fingerprint density at radius 3 is 2.12 bits per heavy atom. The van der Waals surface area contributed by atoms with E-state index in [9.17, 15) is 14.4 Å². The molecule has 0 aliphatic carbocycles. The van der Waals surface area contributed by atoms with Crippen LogP contribution in [0.5, 0.6) is 0 Å². The Labute approximate surface area is 153 Å². The zero-order valence-corrected chi connectivity index (χ0v) is 15.2. The van der Waals surface area contributed by atoms with Crippen LogP contribution in [0.3, 0.4) is 0 Å². The third kappa shape index (κ3) is 4.43. The average molecular weight is 362 g/mol. The molecular weight excluding hydrogens is 336 g/mol. The zero-order chi connectivity index (χ0) is 18.5. The summed E-state index contributed by atoms with van der Waals surface area (Å²) >= 11 is 0. The SMILES string of the molecule is CC(=O)N1CCN(CCC(=O)N2CCN(C(=O)c3ccco3)CC2)CC1. The van der Waals surface area contributed by atoms with Crippen LogP contribution < -0.4 is 0 Å². The van der Waals surface area contributed by atoms with Gasteiger partial charge >= 0.3 is 0 Å². The highest BCUT2D eigenvalue weighted by Gasteiger charge is 2.26. The first kappa shape index (κ1) is 18.4. The predicted molar refractivity (Wildman–Crippen MR) is 94.5 cm³/mol. The molecule has 2 aliphatic heterocycles. The third-order valence-electron chi connectivity index (χ3n) is 5.11. The van der Waals surface area contributed by atoms with E-state index in [0.29, 0.717) is 38.4 Å². The van der Waals surface area contributed by atoms with Gasteiger partial charge in [-0.15, -0.1) is 0 Å². The summed E-state index contributed by atoms with van der Waals surface area (Å²) in [6.45, 7) is 7.59. The van der Waals surface area contributed by atoms with Gasteiger partial charge in [0, 0.05) is 72.2 Å². The van der Waals surface area contributed by atoms with Crippen molar-refractivity contribution in [3.8, 4) is 0 Å². The maximum Gasteiger partial charge on any atom is 0.289 e. The monoisotopic (exact) mass is 362 g/mol. The zero-order valence-electron chi connectivity index (χ0n) is 15.2. The van der Waals surface area contributed by atoms with Crippen molar-refractivity contribution in [2.45, 2.75) is 13.3 Å². The fourth-order valence-electron chi connectivity index (χ4n) is 3.41. The van der Waals surface area contributed by atoms with Crippen molar-refractivity contribution >= 4 is 17.7 Å². The highest BCUT2D eigenvalue weighted by Crippen LogP contribution is 2.11. The fourth-order valence-corrected chi connectivity index (χ4v) is 3.41. The molecule has 0 radical (unpaired) electrons. The number of piperazine rings is 2. The first-order valence-electron chi connectivity index (χ1n) is 9.13. The fraction of sp³-hybridized carbons (Fsp3) is 0.611. The summed E-state index contributed by atoms with van der Waals surface area (Å²) in [5.41, 5.74) is 0. The van der Waals surface area contributed by atoms with E-state index < -0.39 is 0 Å². The van der Waals surface area contributed by atoms with Gasteiger partial charge in [-0.3, -0.25) is 19.3 Å². The summed E-state index contributed by atoms with van der Waals surface area (Å²) in [4.78, 5) is 43.6. The molecule has 0 saturated carbocycles. The van der Waals surface area contributed by atoms with Crippen molar-refractivity contribution in [2.24, 2.45) is 0 Å². The van der Waals surface area contributed by atoms with Crippen LogP contribution >= 0.6 is 0 Å². The minimum atomic E-state index is -0.120. The molecule has 3 amide bonds. The summed E-state index contributed by atoms with van der Waals surface area (Å²) in [5, 5.41) is 0. The molecule has 0 N–H and O–H groups in total. The van der Waals surface area contributed by atoms with E-state index in [-0.39, 0.29) is 17.7 Å². The van der Waals surface area contributed by atoms with Crippen LogP contribution in [0.15, 0.2) is 22.8 Å². The molecule has 142 valence electrons. The lowest BCUT2D eigenvalue weighted by molar-refractivity contribution is -0.134. The topological polar surface area (TPSA) is 77.3 Å². The Morgan fingerprint density at radius 2 is 1.54 bits per heavy atom. The molecular formula is C18H26N4O4. The van der Waals surface area contributed by atoms with Gasteiger partial charge in [0.2, 0.25) is 11.8 Å². The summed E-state index contributed by atoms with van der Waals surface area (Å²) in [6, 6.07) is 3.36. The van der Waals surface area contributed by atoms with Crippen LogP contribution in [0, 0.1) is 0 Å². The van der Waals surface area contributed by atoms with Gasteiger partial charge in [0.25, 0.3) is 5.91 Å². The van der Waals surface area contributed by atoms with Gasteiger partial charge in [-0.25, -0.2) is 0 Å². The highest BCUT2D eigenvalue weighted by atomic mass is 16.3. The van der Waals surface area contributed by atoms with Crippen molar-refractivity contribution in [3.63, 3.8) is 0 Å². The van der Waals surface area contributed by atoms with E-state index in [4.69, 9.17) is 4.42 Å². The summed E-state index contributed by atoms with van der Waals surface area (Å²) in [6.07, 6.45) is 1.97. The van der Waals surface area contributed by atoms with Crippen LogP contribution in [0.1, 0.15) is 23.9 Å². The minimum Gasteiger partial charge on any atom is -0.459 e. The Bertz CT molecular complexity index is 630. The van der Waals surface area contributed by atoms with Crippen LogP contribution in [-0.4, -0.2) is 96.2 Å². The Hall–Kier alpha value is -2.35. The van der Waals surface area contributed by atoms with E-state index in [0.717, 1.165) is 32.7 Å². The molecule has 3 rings (SSSR count). The molecule has 0 spiro atoms. The number of rotatable bonds is 4. The van der Waals surface area contributed by atoms with Crippen LogP contribution in [0.4, 0.5) is 0 Å². The van der Waals surface area contributed by atoms with Crippen molar-refractivity contribution in [1.82, 2.24) is 19.6 Å². The molecule has 3 heterocycles. The maximum absolute atomic E-state index is 12.4. The van der Waals surface area contributed by atoms with Crippen molar-refractivity contribution < 1.29 is 18.8 Å². The average Bonchev–Trinajstić information content (AvgIpc) is 3.20. The molecule has 2 aliphatic rings. The standard InChI is InChI=1S/C18H26N4O4/c1-15(23)20-8-6-19(7-9-20)5-4-17(24)21-10-12-22(13-11-21)18(25)16-3-2-14-26-16/h2-3,14H,4-13H2,1H3. The van der Waals surface area contributed by atoms with Crippen molar-refractivity contribution in [1.29, 1.82) is 0 Å². The second kappa shape index (κ2) is 8.35. The van der Waals surface area contributed by atoms with Gasteiger partial charge < -0.3 is 19.1 Å². The second-order valence-electron chi connectivity index (χ2n) is 6.75. The Kier molecular flexibility index (Phi) is 5.92. The lowest BCUT2D eigenvalue weighted by atomic mass is 10.2. The van der Waals surface area contributed by atoms with Crippen LogP contribution in [0.25, 0.3) is 0 Å². The first-order chi connectivity index (χ1) is 12.5. The van der Waals surface area contributed by atoms with Gasteiger partial charge in [0.05, 0.1) is 6.26 Å². The van der Waals surface area contributed by atoms with Gasteiger partial charge in [0.15, 0.2) is 5.76 Å². The second-order valence-corrected chi connectivity index (χ2v) is 6.75. The van der Waals surface area contributed by atoms with E-state index in [2.05, 4.69) is 4.90 Å². The number of carbonyl (C=O) groups is 3. The largest absolute Gasteiger partial charge is 0.459 e. The summed E-state index contributed by atoms with van der Waals surface area (Å²) < 4.78 is 5.15. The number of amides is 3. The van der Waals surface area contributed by atoms with E-state index in [1.165, 1.54) is 6.26 Å². The molecule has 0 bridgehead atoms. The van der Waals surface area contributed by atoms with Gasteiger partial charge in [0.1, 0.15) is 0 Å². The molecule has 2 saturated heterocycles. The summed E-state index contributed by atoms with van der Waals surface area (Å²) in [7, 11) is 0. The molecule has 8 heteroatoms. The minimum absolute atomic E-state index is 0.114. The van der Waals surface area contributed by atoms with Gasteiger partial charge in [-0.1, -0.05) is 0 Å². The van der Waals surface area contributed by atoms with Crippen molar-refractivity contribution in [2.75, 3.05) is 58.9 Å². The summed E-state index contributed by atoms with van der Waals surface area (Å²) in [5.74, 6) is 0.465. The maximum atomic E-state index is 12.4. The van der Waals surface area contributed by atoms with Crippen LogP contribution in [0.2, 0.25) is 0 Å². The van der Waals surface area contributed by atoms with Gasteiger partial charge in [-0.05, 0) is 12.1 Å². The number of hydrogen-bond donors (Lipinski definition) is 0. The van der Waals surface area contributed by atoms with Crippen LogP contribution in [-0.2, 0) is 9.59 Å². The Balaban J connectivity index is 1.38.